The molecular weight excluding hydrogens is 533 g/mol. The Bertz CT molecular complexity index is 1330. The summed E-state index contributed by atoms with van der Waals surface area (Å²) in [5.41, 5.74) is 2.31. The van der Waals surface area contributed by atoms with Crippen molar-refractivity contribution in [3.05, 3.63) is 94.0 Å². The maximum atomic E-state index is 13.4. The Kier molecular flexibility index (Phi) is 8.87. The lowest BCUT2D eigenvalue weighted by Crippen LogP contribution is -2.33. The second-order valence-corrected chi connectivity index (χ2v) is 10.1. The lowest BCUT2D eigenvalue weighted by atomic mass is 10.2. The first kappa shape index (κ1) is 26.7. The van der Waals surface area contributed by atoms with Gasteiger partial charge in [0, 0.05) is 22.2 Å². The number of hydrogen-bond donors (Lipinski definition) is 1. The molecule has 0 spiro atoms. The highest BCUT2D eigenvalue weighted by Crippen LogP contribution is 2.34. The Balaban J connectivity index is 1.55. The van der Waals surface area contributed by atoms with Crippen LogP contribution in [-0.2, 0) is 20.9 Å². The molecule has 3 aromatic carbocycles. The van der Waals surface area contributed by atoms with Crippen LogP contribution >= 0.6 is 35.0 Å². The topological polar surface area (TPSA) is 88.1 Å². The molecule has 37 heavy (non-hydrogen) atoms. The van der Waals surface area contributed by atoms with Crippen molar-refractivity contribution in [3.63, 3.8) is 0 Å². The van der Waals surface area contributed by atoms with Gasteiger partial charge in [-0.15, -0.1) is 0 Å². The van der Waals surface area contributed by atoms with Crippen molar-refractivity contribution in [2.45, 2.75) is 25.1 Å². The van der Waals surface area contributed by atoms with Gasteiger partial charge in [-0.2, -0.15) is 0 Å². The van der Waals surface area contributed by atoms with Gasteiger partial charge in [-0.1, -0.05) is 53.2 Å². The highest BCUT2D eigenvalue weighted by molar-refractivity contribution is 8.15. The number of rotatable bonds is 8. The number of thioether (sulfide) groups is 1. The molecule has 1 saturated heterocycles. The van der Waals surface area contributed by atoms with Gasteiger partial charge in [0.15, 0.2) is 5.17 Å². The van der Waals surface area contributed by atoms with Gasteiger partial charge in [0.25, 0.3) is 0 Å². The predicted molar refractivity (Wildman–Crippen MR) is 148 cm³/mol. The van der Waals surface area contributed by atoms with E-state index in [1.165, 1.54) is 16.7 Å². The number of ether oxygens (including phenoxy) is 1. The Hall–Kier alpha value is -3.33. The number of hydrogen-bond acceptors (Lipinski definition) is 6. The second kappa shape index (κ2) is 12.3. The highest BCUT2D eigenvalue weighted by atomic mass is 35.5. The molecule has 1 heterocycles. The molecule has 1 aliphatic rings. The average molecular weight is 556 g/mol. The van der Waals surface area contributed by atoms with E-state index < -0.39 is 11.2 Å². The van der Waals surface area contributed by atoms with Gasteiger partial charge >= 0.3 is 5.97 Å². The van der Waals surface area contributed by atoms with E-state index in [-0.39, 0.29) is 31.4 Å². The molecule has 0 radical (unpaired) electrons. The van der Waals surface area contributed by atoms with Gasteiger partial charge in [-0.3, -0.25) is 14.5 Å². The number of carbonyl (C=O) groups is 3. The number of carbonyl (C=O) groups excluding carboxylic acids is 3. The molecule has 0 aromatic heterocycles. The zero-order valence-corrected chi connectivity index (χ0v) is 22.1. The van der Waals surface area contributed by atoms with Gasteiger partial charge in [-0.25, -0.2) is 9.79 Å². The van der Waals surface area contributed by atoms with Crippen LogP contribution in [0.5, 0.6) is 0 Å². The predicted octanol–water partition coefficient (Wildman–Crippen LogP) is 6.33. The Morgan fingerprint density at radius 2 is 1.73 bits per heavy atom. The van der Waals surface area contributed by atoms with E-state index in [9.17, 15) is 14.4 Å². The van der Waals surface area contributed by atoms with Crippen molar-refractivity contribution in [2.24, 2.45) is 4.99 Å². The van der Waals surface area contributed by atoms with E-state index in [0.717, 1.165) is 5.56 Å². The zero-order valence-electron chi connectivity index (χ0n) is 19.8. The van der Waals surface area contributed by atoms with Gasteiger partial charge in [0.05, 0.1) is 24.4 Å². The van der Waals surface area contributed by atoms with Crippen molar-refractivity contribution in [3.8, 4) is 0 Å². The molecule has 190 valence electrons. The minimum absolute atomic E-state index is 0.0357. The number of aliphatic imine (C=N–C) groups is 1. The number of benzene rings is 3. The van der Waals surface area contributed by atoms with Gasteiger partial charge < -0.3 is 10.1 Å². The van der Waals surface area contributed by atoms with Crippen molar-refractivity contribution in [2.75, 3.05) is 11.9 Å². The molecule has 1 fully saturated rings. The maximum absolute atomic E-state index is 13.4. The highest BCUT2D eigenvalue weighted by Gasteiger charge is 2.39. The van der Waals surface area contributed by atoms with Crippen LogP contribution in [-0.4, -0.2) is 39.7 Å². The normalized spacial score (nSPS) is 16.2. The number of anilines is 1. The van der Waals surface area contributed by atoms with E-state index in [4.69, 9.17) is 27.9 Å². The minimum Gasteiger partial charge on any atom is -0.462 e. The fraction of sp³-hybridized carbons (Fsp3) is 0.185. The molecule has 1 aliphatic heterocycles. The van der Waals surface area contributed by atoms with Gasteiger partial charge in [0.1, 0.15) is 5.25 Å². The Morgan fingerprint density at radius 3 is 2.41 bits per heavy atom. The second-order valence-electron chi connectivity index (χ2n) is 8.04. The molecule has 0 aliphatic carbocycles. The molecule has 1 N–H and O–H groups in total. The number of nitrogens with zero attached hydrogens (tertiary/aromatic N) is 2. The molecule has 10 heteroatoms. The fourth-order valence-corrected chi connectivity index (χ4v) is 5.06. The van der Waals surface area contributed by atoms with Crippen LogP contribution in [0.3, 0.4) is 0 Å². The summed E-state index contributed by atoms with van der Waals surface area (Å²) in [6, 6.07) is 20.6. The van der Waals surface area contributed by atoms with Crippen LogP contribution in [0.4, 0.5) is 11.4 Å². The summed E-state index contributed by atoms with van der Waals surface area (Å²) in [5.74, 6) is -0.955. The summed E-state index contributed by atoms with van der Waals surface area (Å²) in [6.07, 6.45) is -0.0357. The summed E-state index contributed by atoms with van der Waals surface area (Å²) in [7, 11) is 0. The molecule has 4 rings (SSSR count). The van der Waals surface area contributed by atoms with Crippen LogP contribution in [0.25, 0.3) is 0 Å². The molecule has 3 aromatic rings. The molecule has 0 unspecified atom stereocenters. The molecule has 7 nitrogen and oxygen atoms in total. The van der Waals surface area contributed by atoms with Crippen LogP contribution in [0, 0.1) is 0 Å². The first-order valence-corrected chi connectivity index (χ1v) is 13.1. The van der Waals surface area contributed by atoms with Crippen molar-refractivity contribution in [1.82, 2.24) is 4.90 Å². The third-order valence-electron chi connectivity index (χ3n) is 5.41. The van der Waals surface area contributed by atoms with E-state index in [2.05, 4.69) is 10.3 Å². The zero-order chi connectivity index (χ0) is 26.4. The van der Waals surface area contributed by atoms with Crippen LogP contribution in [0.2, 0.25) is 10.0 Å². The maximum Gasteiger partial charge on any atom is 0.338 e. The average Bonchev–Trinajstić information content (AvgIpc) is 3.16. The lowest BCUT2D eigenvalue weighted by Gasteiger charge is -2.17. The quantitative estimate of drug-likeness (QED) is 0.328. The first-order valence-electron chi connectivity index (χ1n) is 11.5. The van der Waals surface area contributed by atoms with Crippen molar-refractivity contribution >= 4 is 69.3 Å². The number of halogens is 2. The lowest BCUT2D eigenvalue weighted by molar-refractivity contribution is -0.128. The summed E-state index contributed by atoms with van der Waals surface area (Å²) in [4.78, 5) is 44.2. The monoisotopic (exact) mass is 555 g/mol. The van der Waals surface area contributed by atoms with E-state index in [1.54, 1.807) is 61.5 Å². The Labute approximate surface area is 228 Å². The van der Waals surface area contributed by atoms with E-state index in [1.807, 2.05) is 18.2 Å². The molecular formula is C27H23Cl2N3O4S. The van der Waals surface area contributed by atoms with E-state index >= 15 is 0 Å². The molecule has 2 amide bonds. The van der Waals surface area contributed by atoms with Gasteiger partial charge in [-0.05, 0) is 67.1 Å². The number of amidine groups is 1. The molecule has 1 atom stereocenters. The van der Waals surface area contributed by atoms with Crippen LogP contribution in [0.1, 0.15) is 29.3 Å². The molecule has 0 saturated carbocycles. The van der Waals surface area contributed by atoms with E-state index in [0.29, 0.717) is 32.2 Å². The summed E-state index contributed by atoms with van der Waals surface area (Å²) in [6.45, 7) is 2.23. The number of nitrogens with one attached hydrogen (secondary N) is 1. The largest absolute Gasteiger partial charge is 0.462 e. The fourth-order valence-electron chi connectivity index (χ4n) is 3.58. The minimum atomic E-state index is -0.660. The first-order chi connectivity index (χ1) is 17.8. The third-order valence-corrected chi connectivity index (χ3v) is 7.20. The van der Waals surface area contributed by atoms with Crippen molar-refractivity contribution < 1.29 is 19.1 Å². The van der Waals surface area contributed by atoms with Gasteiger partial charge in [0.2, 0.25) is 11.8 Å². The Morgan fingerprint density at radius 1 is 1.03 bits per heavy atom. The third kappa shape index (κ3) is 6.91. The summed E-state index contributed by atoms with van der Waals surface area (Å²) in [5, 5.41) is 3.67. The molecule has 0 bridgehead atoms. The standard InChI is InChI=1S/C27H23Cl2N3O4S/c1-2-36-26(35)17-7-11-21(12-8-17)31-27-32(16-18-5-3-4-6-22(18)29)25(34)23(37-27)15-24(33)30-20-13-9-19(28)10-14-20/h3-14,23H,2,15-16H2,1H3,(H,30,33)/t23-/m0/s1. The van der Waals surface area contributed by atoms with Crippen molar-refractivity contribution in [1.29, 1.82) is 0 Å². The SMILES string of the molecule is CCOC(=O)c1ccc(N=C2S[C@@H](CC(=O)Nc3ccc(Cl)cc3)C(=O)N2Cc2ccccc2Cl)cc1. The smallest absolute Gasteiger partial charge is 0.338 e. The van der Waals surface area contributed by atoms with Crippen LogP contribution < -0.4 is 5.32 Å². The summed E-state index contributed by atoms with van der Waals surface area (Å²) < 4.78 is 5.02. The summed E-state index contributed by atoms with van der Waals surface area (Å²) >= 11 is 13.5. The van der Waals surface area contributed by atoms with Crippen LogP contribution in [0.15, 0.2) is 77.8 Å². The number of amides is 2. The number of esters is 1.